The first kappa shape index (κ1) is 23.9. The van der Waals surface area contributed by atoms with E-state index in [0.717, 1.165) is 35.8 Å². The van der Waals surface area contributed by atoms with Crippen LogP contribution in [-0.2, 0) is 0 Å². The zero-order chi connectivity index (χ0) is 28.6. The maximum absolute atomic E-state index is 13.8. The quantitative estimate of drug-likeness (QED) is 0.240. The van der Waals surface area contributed by atoms with E-state index in [-0.39, 0.29) is 6.04 Å². The molecule has 208 valence electrons. The van der Waals surface area contributed by atoms with Gasteiger partial charge in [0.25, 0.3) is 0 Å². The number of hydrogen-bond donors (Lipinski definition) is 2. The minimum Gasteiger partial charge on any atom is -0.380 e. The predicted octanol–water partition coefficient (Wildman–Crippen LogP) is 6.66. The maximum atomic E-state index is 13.8. The number of anilines is 2. The molecule has 0 aliphatic heterocycles. The number of aromatic nitrogens is 5. The van der Waals surface area contributed by atoms with Gasteiger partial charge in [-0.1, -0.05) is 22.9 Å². The third-order valence-corrected chi connectivity index (χ3v) is 9.84. The van der Waals surface area contributed by atoms with Gasteiger partial charge in [-0.15, -0.1) is 5.10 Å². The van der Waals surface area contributed by atoms with Crippen LogP contribution in [0.25, 0.3) is 10.9 Å². The summed E-state index contributed by atoms with van der Waals surface area (Å²) in [4.78, 5) is 8.35. The van der Waals surface area contributed by atoms with Gasteiger partial charge in [-0.2, -0.15) is 9.65 Å². The molecule has 41 heavy (non-hydrogen) atoms. The lowest BCUT2D eigenvalue weighted by Gasteiger charge is -2.54. The molecule has 3 aromatic heterocycles. The molecule has 5 aliphatic rings. The topological polar surface area (TPSA) is 104 Å². The number of nitrogens with zero attached hydrogens (tertiary/aromatic N) is 6. The van der Waals surface area contributed by atoms with Gasteiger partial charge in [-0.3, -0.25) is 4.98 Å². The summed E-state index contributed by atoms with van der Waals surface area (Å²) in [7, 11) is 0. The van der Waals surface area contributed by atoms with Crippen molar-refractivity contribution in [3.05, 3.63) is 70.6 Å². The highest BCUT2D eigenvalue weighted by molar-refractivity contribution is 6.35. The molecule has 10 heteroatoms. The number of halogens is 2. The molecule has 1 aromatic carbocycles. The van der Waals surface area contributed by atoms with Gasteiger partial charge in [0.05, 0.1) is 41.4 Å². The second-order valence-electron chi connectivity index (χ2n) is 12.3. The van der Waals surface area contributed by atoms with E-state index in [1.165, 1.54) is 50.4 Å². The van der Waals surface area contributed by atoms with E-state index in [9.17, 15) is 11.0 Å². The molecule has 0 spiro atoms. The van der Waals surface area contributed by atoms with Gasteiger partial charge in [-0.05, 0) is 92.4 Å². The van der Waals surface area contributed by atoms with Crippen molar-refractivity contribution in [1.29, 1.82) is 5.26 Å². The highest BCUT2D eigenvalue weighted by atomic mass is 35.5. The molecular weight excluding hydrogens is 539 g/mol. The first-order valence-electron chi connectivity index (χ1n) is 15.0. The average molecular weight is 570 g/mol. The van der Waals surface area contributed by atoms with Crippen LogP contribution in [0.1, 0.15) is 75.2 Å². The van der Waals surface area contributed by atoms with Crippen LogP contribution < -0.4 is 10.6 Å². The molecule has 2 N–H and O–H groups in total. The van der Waals surface area contributed by atoms with E-state index < -0.39 is 12.0 Å². The lowest BCUT2D eigenvalue weighted by molar-refractivity contribution is 0.00757. The first-order valence-corrected chi connectivity index (χ1v) is 14.9. The van der Waals surface area contributed by atoms with E-state index in [1.807, 2.05) is 6.07 Å². The fourth-order valence-electron chi connectivity index (χ4n) is 7.76. The highest BCUT2D eigenvalue weighted by Gasteiger charge is 2.48. The average Bonchev–Trinajstić information content (AvgIpc) is 3.70. The number of rotatable bonds is 7. The van der Waals surface area contributed by atoms with Gasteiger partial charge in [-0.25, -0.2) is 9.67 Å². The normalized spacial score (nSPS) is 28.2. The molecule has 4 aromatic rings. The van der Waals surface area contributed by atoms with Gasteiger partial charge >= 0.3 is 0 Å². The van der Waals surface area contributed by atoms with Crippen LogP contribution in [-0.4, -0.2) is 31.0 Å². The second kappa shape index (κ2) is 9.66. The SMILES string of the molecule is [2H][C@@](Nc1cc(Cl)c2ncc(C#N)c(NC3C4CC5CC(C4)CC3C5)c2c1)(c1ccc(F)nc1)c1cn(C2CC2)nn1. The summed E-state index contributed by atoms with van der Waals surface area (Å²) in [5.41, 5.74) is 3.10. The number of fused-ring (bicyclic) bond motifs is 1. The Hall–Kier alpha value is -3.77. The molecule has 9 rings (SSSR count). The monoisotopic (exact) mass is 569 g/mol. The Balaban J connectivity index is 1.21. The Morgan fingerprint density at radius 2 is 1.85 bits per heavy atom. The number of benzene rings is 1. The summed E-state index contributed by atoms with van der Waals surface area (Å²) in [6.07, 6.45) is 13.1. The third-order valence-electron chi connectivity index (χ3n) is 9.56. The Bertz CT molecular complexity index is 1700. The molecule has 4 bridgehead atoms. The van der Waals surface area contributed by atoms with Crippen LogP contribution >= 0.6 is 11.6 Å². The van der Waals surface area contributed by atoms with E-state index in [4.69, 9.17) is 11.6 Å². The Kier molecular flexibility index (Phi) is 5.63. The van der Waals surface area contributed by atoms with E-state index in [1.54, 1.807) is 23.1 Å². The molecule has 0 saturated heterocycles. The van der Waals surface area contributed by atoms with Crippen molar-refractivity contribution in [2.24, 2.45) is 23.7 Å². The Labute approximate surface area is 243 Å². The summed E-state index contributed by atoms with van der Waals surface area (Å²) >= 11 is 6.82. The molecule has 5 fully saturated rings. The second-order valence-corrected chi connectivity index (χ2v) is 12.7. The summed E-state index contributed by atoms with van der Waals surface area (Å²) < 4.78 is 25.2. The van der Waals surface area contributed by atoms with Gasteiger partial charge in [0.2, 0.25) is 5.95 Å². The van der Waals surface area contributed by atoms with Gasteiger partial charge in [0.1, 0.15) is 11.8 Å². The van der Waals surface area contributed by atoms with E-state index >= 15 is 0 Å². The highest BCUT2D eigenvalue weighted by Crippen LogP contribution is 2.54. The summed E-state index contributed by atoms with van der Waals surface area (Å²) in [5.74, 6) is 2.25. The zero-order valence-electron chi connectivity index (χ0n) is 23.4. The van der Waals surface area contributed by atoms with Crippen molar-refractivity contribution in [3.63, 3.8) is 0 Å². The number of nitriles is 1. The summed E-state index contributed by atoms with van der Waals surface area (Å²) in [6, 6.07) is 7.65. The van der Waals surface area contributed by atoms with Crippen LogP contribution in [0.15, 0.2) is 42.9 Å². The fourth-order valence-corrected chi connectivity index (χ4v) is 8.03. The minimum absolute atomic E-state index is 0.284. The molecular formula is C31H30ClFN8. The Morgan fingerprint density at radius 3 is 2.54 bits per heavy atom. The van der Waals surface area contributed by atoms with Crippen LogP contribution in [0.2, 0.25) is 5.02 Å². The smallest absolute Gasteiger partial charge is 0.212 e. The fraction of sp³-hybridized carbons (Fsp3) is 0.452. The molecule has 3 heterocycles. The van der Waals surface area contributed by atoms with E-state index in [0.29, 0.717) is 50.9 Å². The zero-order valence-corrected chi connectivity index (χ0v) is 23.2. The molecule has 0 amide bonds. The third kappa shape index (κ3) is 4.49. The van der Waals surface area contributed by atoms with Crippen molar-refractivity contribution in [1.82, 2.24) is 25.0 Å². The van der Waals surface area contributed by atoms with Crippen molar-refractivity contribution in [3.8, 4) is 6.07 Å². The lowest BCUT2D eigenvalue weighted by Crippen LogP contribution is -2.51. The molecule has 0 unspecified atom stereocenters. The molecule has 5 saturated carbocycles. The summed E-state index contributed by atoms with van der Waals surface area (Å²) in [6.45, 7) is 0. The first-order chi connectivity index (χ1) is 20.4. The van der Waals surface area contributed by atoms with Crippen molar-refractivity contribution < 1.29 is 5.76 Å². The largest absolute Gasteiger partial charge is 0.380 e. The van der Waals surface area contributed by atoms with Crippen LogP contribution in [0.5, 0.6) is 0 Å². The Morgan fingerprint density at radius 1 is 1.07 bits per heavy atom. The predicted molar refractivity (Wildman–Crippen MR) is 154 cm³/mol. The number of nitrogens with one attached hydrogen (secondary N) is 2. The maximum Gasteiger partial charge on any atom is 0.212 e. The van der Waals surface area contributed by atoms with Gasteiger partial charge in [0.15, 0.2) is 0 Å². The number of hydrogen-bond acceptors (Lipinski definition) is 7. The van der Waals surface area contributed by atoms with Gasteiger partial charge in [0, 0.05) is 29.5 Å². The van der Waals surface area contributed by atoms with E-state index in [2.05, 4.69) is 37.0 Å². The lowest BCUT2D eigenvalue weighted by atomic mass is 9.54. The molecule has 5 aliphatic carbocycles. The van der Waals surface area contributed by atoms with Crippen LogP contribution in [0.4, 0.5) is 15.8 Å². The van der Waals surface area contributed by atoms with Crippen LogP contribution in [0, 0.1) is 41.0 Å². The van der Waals surface area contributed by atoms with Crippen molar-refractivity contribution in [2.45, 2.75) is 63.0 Å². The van der Waals surface area contributed by atoms with Gasteiger partial charge < -0.3 is 10.6 Å². The minimum atomic E-state index is -1.64. The molecule has 1 atom stereocenters. The summed E-state index contributed by atoms with van der Waals surface area (Å²) in [5, 5.41) is 26.9. The van der Waals surface area contributed by atoms with Crippen LogP contribution in [0.3, 0.4) is 0 Å². The molecule has 0 radical (unpaired) electrons. The van der Waals surface area contributed by atoms with Crippen molar-refractivity contribution >= 4 is 33.9 Å². The van der Waals surface area contributed by atoms with Crippen molar-refractivity contribution in [2.75, 3.05) is 10.6 Å². The molecule has 8 nitrogen and oxygen atoms in total. The number of pyridine rings is 2. The standard InChI is InChI=1S/C31H30ClFN8/c32-25-11-22(37-30(18-1-4-27(33)35-13-18)26-15-41(40-39-26)23-2-3-23)10-24-29(21(12-34)14-36-31(24)25)38-28-19-6-16-5-17(8-19)9-20(28)7-16/h1,4,10-11,13-17,19-20,23,28,30,37H,2-3,5-9H2,(H,36,38)/t16?,17?,19?,20?,28?,30-/m1/s1/i30D.